The van der Waals surface area contributed by atoms with E-state index in [0.717, 1.165) is 10.0 Å². The van der Waals surface area contributed by atoms with Crippen molar-refractivity contribution in [3.05, 3.63) is 34.1 Å². The fourth-order valence-corrected chi connectivity index (χ4v) is 1.56. The third-order valence-electron chi connectivity index (χ3n) is 2.01. The van der Waals surface area contributed by atoms with Gasteiger partial charge in [-0.05, 0) is 23.8 Å². The SMILES string of the molecule is NC(CCNCc1cc(F)ccc1Br)=NO. The molecule has 0 aliphatic carbocycles. The highest BCUT2D eigenvalue weighted by Gasteiger charge is 2.01. The zero-order valence-corrected chi connectivity index (χ0v) is 10.2. The Balaban J connectivity index is 2.40. The molecule has 1 aromatic rings. The van der Waals surface area contributed by atoms with Crippen LogP contribution in [0.2, 0.25) is 0 Å². The Labute approximate surface area is 101 Å². The van der Waals surface area contributed by atoms with Gasteiger partial charge in [-0.2, -0.15) is 0 Å². The van der Waals surface area contributed by atoms with Crippen molar-refractivity contribution in [3.8, 4) is 0 Å². The van der Waals surface area contributed by atoms with Gasteiger partial charge in [-0.25, -0.2) is 4.39 Å². The van der Waals surface area contributed by atoms with E-state index in [1.165, 1.54) is 12.1 Å². The number of halogens is 2. The monoisotopic (exact) mass is 289 g/mol. The van der Waals surface area contributed by atoms with E-state index < -0.39 is 0 Å². The standard InChI is InChI=1S/C10H13BrFN3O/c11-9-2-1-8(12)5-7(9)6-14-4-3-10(13)15-16/h1-2,5,14,16H,3-4,6H2,(H2,13,15). The zero-order valence-electron chi connectivity index (χ0n) is 8.58. The Morgan fingerprint density at radius 3 is 3.00 bits per heavy atom. The van der Waals surface area contributed by atoms with Gasteiger partial charge in [0.05, 0.1) is 0 Å². The summed E-state index contributed by atoms with van der Waals surface area (Å²) < 4.78 is 13.8. The lowest BCUT2D eigenvalue weighted by Crippen LogP contribution is -2.22. The molecule has 0 bridgehead atoms. The van der Waals surface area contributed by atoms with Crippen molar-refractivity contribution in [2.45, 2.75) is 13.0 Å². The molecule has 0 saturated carbocycles. The summed E-state index contributed by atoms with van der Waals surface area (Å²) in [6.45, 7) is 1.09. The third-order valence-corrected chi connectivity index (χ3v) is 2.78. The van der Waals surface area contributed by atoms with Crippen LogP contribution < -0.4 is 11.1 Å². The van der Waals surface area contributed by atoms with Crippen LogP contribution in [0, 0.1) is 5.82 Å². The molecule has 16 heavy (non-hydrogen) atoms. The van der Waals surface area contributed by atoms with Crippen molar-refractivity contribution >= 4 is 21.8 Å². The highest BCUT2D eigenvalue weighted by atomic mass is 79.9. The van der Waals surface area contributed by atoms with Crippen molar-refractivity contribution in [1.82, 2.24) is 5.32 Å². The van der Waals surface area contributed by atoms with Crippen LogP contribution in [0.4, 0.5) is 4.39 Å². The molecular formula is C10H13BrFN3O. The molecule has 4 N–H and O–H groups in total. The normalized spacial score (nSPS) is 11.8. The second kappa shape index (κ2) is 6.44. The van der Waals surface area contributed by atoms with Gasteiger partial charge in [-0.15, -0.1) is 0 Å². The lowest BCUT2D eigenvalue weighted by Gasteiger charge is -2.06. The second-order valence-corrected chi connectivity index (χ2v) is 4.11. The summed E-state index contributed by atoms with van der Waals surface area (Å²) in [6, 6.07) is 4.51. The lowest BCUT2D eigenvalue weighted by molar-refractivity contribution is 0.316. The molecule has 0 unspecified atom stereocenters. The number of amidine groups is 1. The number of oxime groups is 1. The summed E-state index contributed by atoms with van der Waals surface area (Å²) in [5.41, 5.74) is 6.13. The van der Waals surface area contributed by atoms with Crippen molar-refractivity contribution < 1.29 is 9.60 Å². The summed E-state index contributed by atoms with van der Waals surface area (Å²) in [4.78, 5) is 0. The average molecular weight is 290 g/mol. The Hall–Kier alpha value is -1.14. The minimum atomic E-state index is -0.267. The molecule has 0 aromatic heterocycles. The van der Waals surface area contributed by atoms with E-state index >= 15 is 0 Å². The summed E-state index contributed by atoms with van der Waals surface area (Å²) in [7, 11) is 0. The van der Waals surface area contributed by atoms with E-state index in [-0.39, 0.29) is 11.7 Å². The first-order valence-electron chi connectivity index (χ1n) is 4.74. The number of nitrogens with two attached hydrogens (primary N) is 1. The van der Waals surface area contributed by atoms with Gasteiger partial charge in [0.15, 0.2) is 0 Å². The summed E-state index contributed by atoms with van der Waals surface area (Å²) in [5, 5.41) is 14.2. The van der Waals surface area contributed by atoms with Gasteiger partial charge in [-0.1, -0.05) is 21.1 Å². The third kappa shape index (κ3) is 4.16. The molecule has 0 spiro atoms. The predicted molar refractivity (Wildman–Crippen MR) is 63.8 cm³/mol. The van der Waals surface area contributed by atoms with Crippen LogP contribution in [0.15, 0.2) is 27.8 Å². The van der Waals surface area contributed by atoms with Gasteiger partial charge in [0.2, 0.25) is 0 Å². The van der Waals surface area contributed by atoms with Crippen molar-refractivity contribution in [2.24, 2.45) is 10.9 Å². The minimum absolute atomic E-state index is 0.172. The first-order valence-corrected chi connectivity index (χ1v) is 5.54. The van der Waals surface area contributed by atoms with E-state index in [0.29, 0.717) is 19.5 Å². The first kappa shape index (κ1) is 12.9. The minimum Gasteiger partial charge on any atom is -0.409 e. The van der Waals surface area contributed by atoms with Crippen LogP contribution in [-0.4, -0.2) is 17.6 Å². The van der Waals surface area contributed by atoms with E-state index in [1.807, 2.05) is 0 Å². The fourth-order valence-electron chi connectivity index (χ4n) is 1.17. The van der Waals surface area contributed by atoms with Crippen LogP contribution >= 0.6 is 15.9 Å². The molecule has 0 radical (unpaired) electrons. The zero-order chi connectivity index (χ0) is 12.0. The van der Waals surface area contributed by atoms with Gasteiger partial charge >= 0.3 is 0 Å². The maximum atomic E-state index is 12.9. The number of nitrogens with zero attached hydrogens (tertiary/aromatic N) is 1. The number of nitrogens with one attached hydrogen (secondary N) is 1. The van der Waals surface area contributed by atoms with Gasteiger partial charge in [0, 0.05) is 24.0 Å². The molecule has 6 heteroatoms. The van der Waals surface area contributed by atoms with Gasteiger partial charge in [0.25, 0.3) is 0 Å². The predicted octanol–water partition coefficient (Wildman–Crippen LogP) is 1.81. The molecule has 0 amide bonds. The van der Waals surface area contributed by atoms with E-state index in [1.54, 1.807) is 6.07 Å². The van der Waals surface area contributed by atoms with Gasteiger partial charge in [-0.3, -0.25) is 0 Å². The Bertz CT molecular complexity index is 384. The van der Waals surface area contributed by atoms with E-state index in [2.05, 4.69) is 26.4 Å². The largest absolute Gasteiger partial charge is 0.409 e. The molecule has 1 aromatic carbocycles. The molecule has 88 valence electrons. The average Bonchev–Trinajstić information content (AvgIpc) is 2.28. The van der Waals surface area contributed by atoms with Crippen LogP contribution in [0.25, 0.3) is 0 Å². The van der Waals surface area contributed by atoms with Crippen molar-refractivity contribution in [1.29, 1.82) is 0 Å². The molecule has 1 rings (SSSR count). The van der Waals surface area contributed by atoms with Gasteiger partial charge in [0.1, 0.15) is 11.7 Å². The molecular weight excluding hydrogens is 277 g/mol. The van der Waals surface area contributed by atoms with Crippen molar-refractivity contribution in [3.63, 3.8) is 0 Å². The second-order valence-electron chi connectivity index (χ2n) is 3.25. The van der Waals surface area contributed by atoms with Crippen LogP contribution in [0.5, 0.6) is 0 Å². The molecule has 0 atom stereocenters. The number of hydrogen-bond donors (Lipinski definition) is 3. The Morgan fingerprint density at radius 1 is 1.56 bits per heavy atom. The highest BCUT2D eigenvalue weighted by molar-refractivity contribution is 9.10. The summed E-state index contributed by atoms with van der Waals surface area (Å²) in [5.74, 6) is -0.0951. The molecule has 0 fully saturated rings. The molecule has 4 nitrogen and oxygen atoms in total. The smallest absolute Gasteiger partial charge is 0.140 e. The maximum absolute atomic E-state index is 12.9. The molecule has 0 aliphatic rings. The number of rotatable bonds is 5. The maximum Gasteiger partial charge on any atom is 0.140 e. The number of benzene rings is 1. The summed E-state index contributed by atoms with van der Waals surface area (Å²) >= 11 is 3.33. The van der Waals surface area contributed by atoms with E-state index in [4.69, 9.17) is 10.9 Å². The quantitative estimate of drug-likeness (QED) is 0.255. The van der Waals surface area contributed by atoms with E-state index in [9.17, 15) is 4.39 Å². The van der Waals surface area contributed by atoms with Crippen LogP contribution in [0.1, 0.15) is 12.0 Å². The molecule has 0 aliphatic heterocycles. The van der Waals surface area contributed by atoms with Crippen molar-refractivity contribution in [2.75, 3.05) is 6.54 Å². The Morgan fingerprint density at radius 2 is 2.31 bits per heavy atom. The topological polar surface area (TPSA) is 70.6 Å². The molecule has 0 heterocycles. The van der Waals surface area contributed by atoms with Gasteiger partial charge < -0.3 is 16.3 Å². The Kier molecular flexibility index (Phi) is 5.21. The summed E-state index contributed by atoms with van der Waals surface area (Å²) in [6.07, 6.45) is 0.448. The first-order chi connectivity index (χ1) is 7.63. The highest BCUT2D eigenvalue weighted by Crippen LogP contribution is 2.17. The van der Waals surface area contributed by atoms with Crippen LogP contribution in [0.3, 0.4) is 0 Å². The van der Waals surface area contributed by atoms with Crippen LogP contribution in [-0.2, 0) is 6.54 Å². The fraction of sp³-hybridized carbons (Fsp3) is 0.300. The molecule has 0 saturated heterocycles. The number of hydrogen-bond acceptors (Lipinski definition) is 3. The lowest BCUT2D eigenvalue weighted by atomic mass is 10.2.